The number of hydrogen-bond acceptors (Lipinski definition) is 3. The molecule has 1 fully saturated rings. The summed E-state index contributed by atoms with van der Waals surface area (Å²) in [6, 6.07) is 6.04. The first-order chi connectivity index (χ1) is 12.6. The van der Waals surface area contributed by atoms with Crippen LogP contribution in [0, 0.1) is 6.92 Å². The molecule has 3 heterocycles. The zero-order chi connectivity index (χ0) is 18.1. The minimum absolute atomic E-state index is 0.128. The minimum Gasteiger partial charge on any atom is -0.342 e. The second-order valence-corrected chi connectivity index (χ2v) is 7.20. The number of rotatable bonds is 4. The van der Waals surface area contributed by atoms with Crippen LogP contribution in [0.1, 0.15) is 47.7 Å². The number of aromatic amines is 1. The maximum absolute atomic E-state index is 13.2. The second kappa shape index (κ2) is 6.94. The third kappa shape index (κ3) is 3.23. The van der Waals surface area contributed by atoms with E-state index in [1.165, 1.54) is 6.42 Å². The third-order valence-electron chi connectivity index (χ3n) is 5.36. The van der Waals surface area contributed by atoms with Gasteiger partial charge in [0.25, 0.3) is 5.91 Å². The van der Waals surface area contributed by atoms with E-state index in [1.807, 2.05) is 44.6 Å². The van der Waals surface area contributed by atoms with Crippen LogP contribution in [-0.2, 0) is 13.5 Å². The molecule has 1 saturated heterocycles. The van der Waals surface area contributed by atoms with Gasteiger partial charge in [-0.25, -0.2) is 9.97 Å². The van der Waals surface area contributed by atoms with Crippen molar-refractivity contribution in [1.29, 1.82) is 0 Å². The highest BCUT2D eigenvalue weighted by Crippen LogP contribution is 2.24. The number of amides is 1. The van der Waals surface area contributed by atoms with Crippen LogP contribution in [0.5, 0.6) is 0 Å². The Bertz CT molecular complexity index is 925. The Labute approximate surface area is 153 Å². The van der Waals surface area contributed by atoms with Crippen molar-refractivity contribution in [2.45, 2.75) is 45.1 Å². The first-order valence-corrected chi connectivity index (χ1v) is 9.35. The molecule has 1 amide bonds. The number of carbonyl (C=O) groups is 1. The first kappa shape index (κ1) is 16.8. The van der Waals surface area contributed by atoms with Crippen molar-refractivity contribution in [2.24, 2.45) is 7.05 Å². The molecule has 4 rings (SSSR count). The maximum Gasteiger partial charge on any atom is 0.254 e. The van der Waals surface area contributed by atoms with Gasteiger partial charge in [0.05, 0.1) is 11.0 Å². The molecule has 0 aliphatic carbocycles. The lowest BCUT2D eigenvalue weighted by atomic mass is 9.96. The molecule has 0 bridgehead atoms. The molecule has 6 heteroatoms. The fraction of sp³-hybridized carbons (Fsp3) is 0.450. The Morgan fingerprint density at radius 3 is 3.04 bits per heavy atom. The number of hydrogen-bond donors (Lipinski definition) is 1. The number of piperidine rings is 1. The van der Waals surface area contributed by atoms with Gasteiger partial charge < -0.3 is 14.5 Å². The van der Waals surface area contributed by atoms with Crippen molar-refractivity contribution in [3.63, 3.8) is 0 Å². The Kier molecular flexibility index (Phi) is 4.49. The number of likely N-dealkylation sites (tertiary alicyclic amines) is 1. The van der Waals surface area contributed by atoms with Crippen LogP contribution < -0.4 is 0 Å². The summed E-state index contributed by atoms with van der Waals surface area (Å²) in [6.45, 7) is 2.77. The van der Waals surface area contributed by atoms with Crippen molar-refractivity contribution in [1.82, 2.24) is 24.4 Å². The Morgan fingerprint density at radius 2 is 2.23 bits per heavy atom. The Balaban J connectivity index is 1.52. The molecule has 1 unspecified atom stereocenters. The van der Waals surface area contributed by atoms with Crippen molar-refractivity contribution in [3.8, 4) is 0 Å². The smallest absolute Gasteiger partial charge is 0.254 e. The van der Waals surface area contributed by atoms with Gasteiger partial charge >= 0.3 is 0 Å². The van der Waals surface area contributed by atoms with E-state index >= 15 is 0 Å². The lowest BCUT2D eigenvalue weighted by molar-refractivity contribution is 0.0601. The van der Waals surface area contributed by atoms with Crippen molar-refractivity contribution < 1.29 is 4.79 Å². The van der Waals surface area contributed by atoms with Crippen LogP contribution in [0.15, 0.2) is 30.6 Å². The van der Waals surface area contributed by atoms with Gasteiger partial charge in [0, 0.05) is 44.0 Å². The molecule has 1 aliphatic heterocycles. The summed E-state index contributed by atoms with van der Waals surface area (Å²) in [5, 5.41) is 0. The lowest BCUT2D eigenvalue weighted by Crippen LogP contribution is -2.44. The normalized spacial score (nSPS) is 17.8. The minimum atomic E-state index is 0.128. The molecular formula is C20H25N5O. The van der Waals surface area contributed by atoms with Gasteiger partial charge in [-0.3, -0.25) is 4.79 Å². The van der Waals surface area contributed by atoms with Crippen LogP contribution in [0.25, 0.3) is 11.0 Å². The van der Waals surface area contributed by atoms with E-state index in [0.717, 1.165) is 60.5 Å². The number of fused-ring (bicyclic) bond motifs is 1. The average molecular weight is 351 g/mol. The van der Waals surface area contributed by atoms with Crippen LogP contribution in [0.4, 0.5) is 0 Å². The van der Waals surface area contributed by atoms with Gasteiger partial charge in [-0.05, 0) is 50.8 Å². The van der Waals surface area contributed by atoms with Gasteiger partial charge in [-0.15, -0.1) is 0 Å². The summed E-state index contributed by atoms with van der Waals surface area (Å²) in [5.74, 6) is 2.08. The first-order valence-electron chi connectivity index (χ1n) is 9.35. The van der Waals surface area contributed by atoms with E-state index in [0.29, 0.717) is 0 Å². The van der Waals surface area contributed by atoms with E-state index in [-0.39, 0.29) is 11.9 Å². The second-order valence-electron chi connectivity index (χ2n) is 7.20. The van der Waals surface area contributed by atoms with Crippen LogP contribution >= 0.6 is 0 Å². The molecular weight excluding hydrogens is 326 g/mol. The number of aryl methyl sites for hydroxylation is 3. The molecule has 0 radical (unpaired) electrons. The SMILES string of the molecule is Cc1nc2ccc(C(=O)N3CCCCC3CCc3nccn3C)cc2[nH]1. The summed E-state index contributed by atoms with van der Waals surface area (Å²) in [5.41, 5.74) is 2.57. The van der Waals surface area contributed by atoms with Crippen molar-refractivity contribution in [2.75, 3.05) is 6.54 Å². The summed E-state index contributed by atoms with van der Waals surface area (Å²) in [4.78, 5) is 27.3. The predicted molar refractivity (Wildman–Crippen MR) is 101 cm³/mol. The molecule has 0 saturated carbocycles. The number of aromatic nitrogens is 4. The monoisotopic (exact) mass is 351 g/mol. The topological polar surface area (TPSA) is 66.8 Å². The molecule has 136 valence electrons. The van der Waals surface area contributed by atoms with Crippen LogP contribution in [0.2, 0.25) is 0 Å². The Morgan fingerprint density at radius 1 is 1.35 bits per heavy atom. The summed E-state index contributed by atoms with van der Waals surface area (Å²) in [7, 11) is 2.02. The number of nitrogens with zero attached hydrogens (tertiary/aromatic N) is 4. The molecule has 1 N–H and O–H groups in total. The predicted octanol–water partition coefficient (Wildman–Crippen LogP) is 3.23. The fourth-order valence-electron chi connectivity index (χ4n) is 3.94. The highest BCUT2D eigenvalue weighted by molar-refractivity contribution is 5.97. The highest BCUT2D eigenvalue weighted by atomic mass is 16.2. The lowest BCUT2D eigenvalue weighted by Gasteiger charge is -2.36. The third-order valence-corrected chi connectivity index (χ3v) is 5.36. The van der Waals surface area contributed by atoms with Gasteiger partial charge in [-0.1, -0.05) is 0 Å². The zero-order valence-corrected chi connectivity index (χ0v) is 15.4. The van der Waals surface area contributed by atoms with E-state index in [2.05, 4.69) is 24.4 Å². The number of H-pyrrole nitrogens is 1. The van der Waals surface area contributed by atoms with Crippen LogP contribution in [0.3, 0.4) is 0 Å². The van der Waals surface area contributed by atoms with E-state index < -0.39 is 0 Å². The molecule has 6 nitrogen and oxygen atoms in total. The van der Waals surface area contributed by atoms with Crippen molar-refractivity contribution in [3.05, 3.63) is 47.8 Å². The average Bonchev–Trinajstić information content (AvgIpc) is 3.23. The molecule has 1 atom stereocenters. The molecule has 26 heavy (non-hydrogen) atoms. The standard InChI is InChI=1S/C20H25N5O/c1-14-22-17-8-6-15(13-18(17)23-14)20(26)25-11-4-3-5-16(25)7-9-19-21-10-12-24(19)2/h6,8,10,12-13,16H,3-5,7,9,11H2,1-2H3,(H,22,23). The molecule has 0 spiro atoms. The summed E-state index contributed by atoms with van der Waals surface area (Å²) in [6.07, 6.45) is 9.01. The molecule has 1 aromatic carbocycles. The van der Waals surface area contributed by atoms with Crippen LogP contribution in [-0.4, -0.2) is 42.9 Å². The fourth-order valence-corrected chi connectivity index (χ4v) is 3.94. The maximum atomic E-state index is 13.2. The number of carbonyl (C=O) groups excluding carboxylic acids is 1. The van der Waals surface area contributed by atoms with E-state index in [9.17, 15) is 4.79 Å². The number of benzene rings is 1. The molecule has 3 aromatic rings. The summed E-state index contributed by atoms with van der Waals surface area (Å²) < 4.78 is 2.06. The van der Waals surface area contributed by atoms with Gasteiger partial charge in [0.15, 0.2) is 0 Å². The number of nitrogens with one attached hydrogen (secondary N) is 1. The number of imidazole rings is 2. The van der Waals surface area contributed by atoms with Crippen molar-refractivity contribution >= 4 is 16.9 Å². The van der Waals surface area contributed by atoms with E-state index in [4.69, 9.17) is 0 Å². The quantitative estimate of drug-likeness (QED) is 0.785. The van der Waals surface area contributed by atoms with Gasteiger partial charge in [-0.2, -0.15) is 0 Å². The zero-order valence-electron chi connectivity index (χ0n) is 15.4. The molecule has 1 aliphatic rings. The van der Waals surface area contributed by atoms with E-state index in [1.54, 1.807) is 0 Å². The Hall–Kier alpha value is -2.63. The highest BCUT2D eigenvalue weighted by Gasteiger charge is 2.27. The molecule has 2 aromatic heterocycles. The largest absolute Gasteiger partial charge is 0.342 e. The van der Waals surface area contributed by atoms with Gasteiger partial charge in [0.2, 0.25) is 0 Å². The summed E-state index contributed by atoms with van der Waals surface area (Å²) >= 11 is 0. The van der Waals surface area contributed by atoms with Gasteiger partial charge in [0.1, 0.15) is 11.6 Å².